The van der Waals surface area contributed by atoms with Crippen LogP contribution in [-0.4, -0.2) is 15.9 Å². The first-order chi connectivity index (χ1) is 10.2. The maximum Gasteiger partial charge on any atom is 0.271 e. The highest BCUT2D eigenvalue weighted by molar-refractivity contribution is 7.12. The van der Waals surface area contributed by atoms with Crippen molar-refractivity contribution in [3.63, 3.8) is 0 Å². The molecule has 3 aromatic rings. The van der Waals surface area contributed by atoms with E-state index in [0.29, 0.717) is 4.88 Å². The average molecular weight is 297 g/mol. The summed E-state index contributed by atoms with van der Waals surface area (Å²) in [5.74, 6) is -0.289. The molecule has 0 saturated carbocycles. The van der Waals surface area contributed by atoms with Crippen molar-refractivity contribution >= 4 is 22.9 Å². The van der Waals surface area contributed by atoms with Gasteiger partial charge in [0, 0.05) is 24.2 Å². The van der Waals surface area contributed by atoms with Crippen molar-refractivity contribution in [3.05, 3.63) is 69.5 Å². The van der Waals surface area contributed by atoms with Gasteiger partial charge in [-0.05, 0) is 35.2 Å². The molecular weight excluding hydrogens is 286 g/mol. The molecule has 0 aliphatic carbocycles. The van der Waals surface area contributed by atoms with Gasteiger partial charge in [-0.2, -0.15) is 0 Å². The summed E-state index contributed by atoms with van der Waals surface area (Å²) >= 11 is 1.32. The molecule has 0 bridgehead atoms. The molecule has 3 aromatic heterocycles. The average Bonchev–Trinajstić information content (AvgIpc) is 3.05. The topological polar surface area (TPSA) is 74.8 Å². The Kier molecular flexibility index (Phi) is 3.61. The number of H-pyrrole nitrogens is 1. The number of hydrogen-bond acceptors (Lipinski definition) is 4. The van der Waals surface area contributed by atoms with Crippen LogP contribution in [0, 0.1) is 0 Å². The maximum absolute atomic E-state index is 12.0. The second kappa shape index (κ2) is 5.72. The van der Waals surface area contributed by atoms with Gasteiger partial charge < -0.3 is 10.3 Å². The van der Waals surface area contributed by atoms with Crippen LogP contribution in [-0.2, 0) is 0 Å². The lowest BCUT2D eigenvalue weighted by atomic mass is 10.1. The van der Waals surface area contributed by atoms with Gasteiger partial charge in [0.15, 0.2) is 0 Å². The molecule has 1 amide bonds. The quantitative estimate of drug-likeness (QED) is 0.780. The molecule has 0 radical (unpaired) electrons. The number of nitrogens with one attached hydrogen (secondary N) is 2. The molecule has 2 N–H and O–H groups in total. The molecular formula is C15H11N3O2S. The van der Waals surface area contributed by atoms with Crippen LogP contribution in [0.4, 0.5) is 5.69 Å². The van der Waals surface area contributed by atoms with E-state index in [1.165, 1.54) is 11.3 Å². The largest absolute Gasteiger partial charge is 0.327 e. The van der Waals surface area contributed by atoms with Gasteiger partial charge in [-0.25, -0.2) is 0 Å². The highest BCUT2D eigenvalue weighted by Gasteiger charge is 2.10. The van der Waals surface area contributed by atoms with Gasteiger partial charge in [0.05, 0.1) is 4.88 Å². The van der Waals surface area contributed by atoms with E-state index in [1.54, 1.807) is 36.8 Å². The molecule has 0 atom stereocenters. The number of hydrogen-bond donors (Lipinski definition) is 2. The standard InChI is InChI=1S/C15H11N3O2S/c19-14-12(18-15(20)13-2-1-7-21-13)8-11(9-17-14)10-3-5-16-6-4-10/h1-9H,(H,17,19)(H,18,20). The number of anilines is 1. The number of carbonyl (C=O) groups excluding carboxylic acids is 1. The molecule has 5 nitrogen and oxygen atoms in total. The molecule has 6 heteroatoms. The monoisotopic (exact) mass is 297 g/mol. The SMILES string of the molecule is O=C(Nc1cc(-c2ccncc2)c[nH]c1=O)c1cccs1. The van der Waals surface area contributed by atoms with Crippen LogP contribution in [0.2, 0.25) is 0 Å². The van der Waals surface area contributed by atoms with Gasteiger partial charge in [-0.15, -0.1) is 11.3 Å². The van der Waals surface area contributed by atoms with Crippen molar-refractivity contribution in [2.24, 2.45) is 0 Å². The Hall–Kier alpha value is -2.73. The van der Waals surface area contributed by atoms with Crippen molar-refractivity contribution in [1.29, 1.82) is 0 Å². The van der Waals surface area contributed by atoms with Gasteiger partial charge in [0.2, 0.25) is 0 Å². The first-order valence-electron chi connectivity index (χ1n) is 6.22. The summed E-state index contributed by atoms with van der Waals surface area (Å²) in [7, 11) is 0. The van der Waals surface area contributed by atoms with E-state index in [0.717, 1.165) is 11.1 Å². The molecule has 0 fully saturated rings. The molecule has 0 unspecified atom stereocenters. The van der Waals surface area contributed by atoms with E-state index in [-0.39, 0.29) is 17.2 Å². The number of carbonyl (C=O) groups is 1. The number of aromatic amines is 1. The van der Waals surface area contributed by atoms with Gasteiger partial charge in [-0.3, -0.25) is 14.6 Å². The Morgan fingerprint density at radius 1 is 1.19 bits per heavy atom. The van der Waals surface area contributed by atoms with Crippen LogP contribution < -0.4 is 10.9 Å². The molecule has 0 saturated heterocycles. The van der Waals surface area contributed by atoms with E-state index in [4.69, 9.17) is 0 Å². The first-order valence-corrected chi connectivity index (χ1v) is 7.10. The highest BCUT2D eigenvalue weighted by atomic mass is 32.1. The minimum absolute atomic E-state index is 0.225. The lowest BCUT2D eigenvalue weighted by molar-refractivity contribution is 0.103. The second-order valence-electron chi connectivity index (χ2n) is 4.30. The van der Waals surface area contributed by atoms with Crippen LogP contribution in [0.5, 0.6) is 0 Å². The minimum Gasteiger partial charge on any atom is -0.327 e. The third-order valence-corrected chi connectivity index (χ3v) is 3.78. The number of thiophene rings is 1. The summed E-state index contributed by atoms with van der Waals surface area (Å²) in [6.45, 7) is 0. The van der Waals surface area contributed by atoms with Crippen molar-refractivity contribution in [3.8, 4) is 11.1 Å². The Morgan fingerprint density at radius 3 is 2.71 bits per heavy atom. The van der Waals surface area contributed by atoms with Crippen LogP contribution in [0.1, 0.15) is 9.67 Å². The van der Waals surface area contributed by atoms with Crippen LogP contribution >= 0.6 is 11.3 Å². The number of amides is 1. The minimum atomic E-state index is -0.335. The molecule has 3 heterocycles. The summed E-state index contributed by atoms with van der Waals surface area (Å²) in [4.78, 5) is 31.0. The molecule has 3 rings (SSSR count). The number of aromatic nitrogens is 2. The third-order valence-electron chi connectivity index (χ3n) is 2.91. The summed E-state index contributed by atoms with van der Waals surface area (Å²) < 4.78 is 0. The van der Waals surface area contributed by atoms with Gasteiger partial charge >= 0.3 is 0 Å². The van der Waals surface area contributed by atoms with Crippen molar-refractivity contribution in [2.45, 2.75) is 0 Å². The Balaban J connectivity index is 1.92. The Bertz CT molecular complexity index is 810. The van der Waals surface area contributed by atoms with Gasteiger partial charge in [-0.1, -0.05) is 6.07 Å². The number of nitrogens with zero attached hydrogens (tertiary/aromatic N) is 1. The third kappa shape index (κ3) is 2.90. The Labute approximate surface area is 124 Å². The lowest BCUT2D eigenvalue weighted by Crippen LogP contribution is -2.18. The van der Waals surface area contributed by atoms with Gasteiger partial charge in [0.1, 0.15) is 5.69 Å². The summed E-state index contributed by atoms with van der Waals surface area (Å²) in [6, 6.07) is 8.81. The van der Waals surface area contributed by atoms with Crippen molar-refractivity contribution in [1.82, 2.24) is 9.97 Å². The molecule has 0 aliphatic heterocycles. The van der Waals surface area contributed by atoms with Crippen LogP contribution in [0.25, 0.3) is 11.1 Å². The summed E-state index contributed by atoms with van der Waals surface area (Å²) in [6.07, 6.45) is 4.95. The lowest BCUT2D eigenvalue weighted by Gasteiger charge is -2.06. The zero-order valence-electron chi connectivity index (χ0n) is 10.9. The van der Waals surface area contributed by atoms with E-state index in [9.17, 15) is 9.59 Å². The normalized spacial score (nSPS) is 10.3. The predicted molar refractivity (Wildman–Crippen MR) is 82.6 cm³/mol. The highest BCUT2D eigenvalue weighted by Crippen LogP contribution is 2.19. The molecule has 0 spiro atoms. The van der Waals surface area contributed by atoms with Gasteiger partial charge in [0.25, 0.3) is 11.5 Å². The zero-order chi connectivity index (χ0) is 14.7. The van der Waals surface area contributed by atoms with Crippen molar-refractivity contribution < 1.29 is 4.79 Å². The zero-order valence-corrected chi connectivity index (χ0v) is 11.7. The van der Waals surface area contributed by atoms with Crippen LogP contribution in [0.3, 0.4) is 0 Å². The predicted octanol–water partition coefficient (Wildman–Crippen LogP) is 2.75. The number of rotatable bonds is 3. The fourth-order valence-corrected chi connectivity index (χ4v) is 2.50. The summed E-state index contributed by atoms with van der Waals surface area (Å²) in [5, 5.41) is 4.45. The first kappa shape index (κ1) is 13.3. The maximum atomic E-state index is 12.0. The van der Waals surface area contributed by atoms with E-state index in [1.807, 2.05) is 17.5 Å². The second-order valence-corrected chi connectivity index (χ2v) is 5.25. The van der Waals surface area contributed by atoms with E-state index < -0.39 is 0 Å². The molecule has 0 aliphatic rings. The fourth-order valence-electron chi connectivity index (χ4n) is 1.88. The smallest absolute Gasteiger partial charge is 0.271 e. The Morgan fingerprint density at radius 2 is 2.00 bits per heavy atom. The molecule has 0 aromatic carbocycles. The van der Waals surface area contributed by atoms with E-state index in [2.05, 4.69) is 15.3 Å². The summed E-state index contributed by atoms with van der Waals surface area (Å²) in [5.41, 5.74) is 1.60. The number of pyridine rings is 2. The van der Waals surface area contributed by atoms with E-state index >= 15 is 0 Å². The van der Waals surface area contributed by atoms with Crippen molar-refractivity contribution in [2.75, 3.05) is 5.32 Å². The molecule has 21 heavy (non-hydrogen) atoms. The fraction of sp³-hybridized carbons (Fsp3) is 0. The van der Waals surface area contributed by atoms with Crippen LogP contribution in [0.15, 0.2) is 59.1 Å². The molecule has 104 valence electrons.